The maximum absolute atomic E-state index is 12.8. The highest BCUT2D eigenvalue weighted by atomic mass is 32.2. The van der Waals surface area contributed by atoms with Gasteiger partial charge in [-0.2, -0.15) is 13.2 Å². The van der Waals surface area contributed by atoms with Crippen LogP contribution in [0, 0.1) is 5.92 Å². The number of nitrogens with zero attached hydrogens (tertiary/aromatic N) is 2. The maximum Gasteiger partial charge on any atom is 0.447 e. The molecular weight excluding hydrogens is 381 g/mol. The van der Waals surface area contributed by atoms with Crippen molar-refractivity contribution >= 4 is 23.6 Å². The van der Waals surface area contributed by atoms with Crippen molar-refractivity contribution < 1.29 is 27.9 Å². The van der Waals surface area contributed by atoms with Gasteiger partial charge in [0.25, 0.3) is 5.91 Å². The molecule has 2 aromatic rings. The number of thioether (sulfide) groups is 1. The second-order valence-electron chi connectivity index (χ2n) is 6.08. The number of halogens is 3. The molecule has 2 atom stereocenters. The van der Waals surface area contributed by atoms with E-state index >= 15 is 0 Å². The standard InChI is InChI=1S/C18H15F3N2O3S/c19-18(20,21)27-15-12(7-4-8-22-15)16(24)23-9-13(14(10-23)17(25)26)11-5-2-1-3-6-11/h1-8,13-14H,9-10H2,(H,25,26)/t13-,14-/m1/s1. The summed E-state index contributed by atoms with van der Waals surface area (Å²) in [6.45, 7) is 0.0452. The maximum atomic E-state index is 12.8. The number of carbonyl (C=O) groups is 2. The van der Waals surface area contributed by atoms with E-state index in [9.17, 15) is 27.9 Å². The largest absolute Gasteiger partial charge is 0.481 e. The molecule has 0 bridgehead atoms. The van der Waals surface area contributed by atoms with Crippen LogP contribution in [-0.4, -0.2) is 45.5 Å². The predicted molar refractivity (Wildman–Crippen MR) is 92.4 cm³/mol. The van der Waals surface area contributed by atoms with Gasteiger partial charge in [-0.15, -0.1) is 0 Å². The van der Waals surface area contributed by atoms with Crippen molar-refractivity contribution in [3.05, 3.63) is 59.8 Å². The Labute approximate surface area is 157 Å². The highest BCUT2D eigenvalue weighted by Gasteiger charge is 2.41. The van der Waals surface area contributed by atoms with Crippen molar-refractivity contribution in [3.63, 3.8) is 0 Å². The normalized spacial score (nSPS) is 19.9. The third-order valence-electron chi connectivity index (χ3n) is 4.37. The summed E-state index contributed by atoms with van der Waals surface area (Å²) in [5, 5.41) is 9.08. The van der Waals surface area contributed by atoms with Crippen LogP contribution in [0.5, 0.6) is 0 Å². The van der Waals surface area contributed by atoms with Crippen molar-refractivity contribution in [3.8, 4) is 0 Å². The van der Waals surface area contributed by atoms with E-state index in [0.29, 0.717) is 0 Å². The smallest absolute Gasteiger partial charge is 0.447 e. The summed E-state index contributed by atoms with van der Waals surface area (Å²) in [5.41, 5.74) is -3.99. The molecule has 0 spiro atoms. The molecule has 1 fully saturated rings. The summed E-state index contributed by atoms with van der Waals surface area (Å²) >= 11 is -0.456. The van der Waals surface area contributed by atoms with Crippen molar-refractivity contribution in [2.75, 3.05) is 13.1 Å². The minimum atomic E-state index is -4.58. The van der Waals surface area contributed by atoms with E-state index in [1.807, 2.05) is 0 Å². The molecule has 0 saturated carbocycles. The van der Waals surface area contributed by atoms with Gasteiger partial charge in [-0.3, -0.25) is 9.59 Å². The lowest BCUT2D eigenvalue weighted by Crippen LogP contribution is -2.30. The lowest BCUT2D eigenvalue weighted by atomic mass is 9.89. The topological polar surface area (TPSA) is 70.5 Å². The first kappa shape index (κ1) is 19.2. The van der Waals surface area contributed by atoms with E-state index in [-0.39, 0.29) is 18.7 Å². The number of rotatable bonds is 4. The predicted octanol–water partition coefficient (Wildman–Crippen LogP) is 3.63. The van der Waals surface area contributed by atoms with Crippen molar-refractivity contribution in [1.29, 1.82) is 0 Å². The number of hydrogen-bond donors (Lipinski definition) is 1. The Morgan fingerprint density at radius 3 is 2.44 bits per heavy atom. The van der Waals surface area contributed by atoms with Crippen LogP contribution in [0.15, 0.2) is 53.7 Å². The van der Waals surface area contributed by atoms with Crippen LogP contribution < -0.4 is 0 Å². The zero-order chi connectivity index (χ0) is 19.6. The van der Waals surface area contributed by atoms with Crippen LogP contribution in [-0.2, 0) is 4.79 Å². The number of amides is 1. The van der Waals surface area contributed by atoms with Crippen molar-refractivity contribution in [2.24, 2.45) is 5.92 Å². The third kappa shape index (κ3) is 4.41. The Morgan fingerprint density at radius 1 is 1.11 bits per heavy atom. The fraction of sp³-hybridized carbons (Fsp3) is 0.278. The fourth-order valence-electron chi connectivity index (χ4n) is 3.17. The van der Waals surface area contributed by atoms with E-state index < -0.39 is 46.0 Å². The van der Waals surface area contributed by atoms with E-state index in [0.717, 1.165) is 5.56 Å². The molecule has 27 heavy (non-hydrogen) atoms. The van der Waals surface area contributed by atoms with Gasteiger partial charge in [0.1, 0.15) is 5.03 Å². The number of aromatic nitrogens is 1. The van der Waals surface area contributed by atoms with E-state index in [2.05, 4.69) is 4.98 Å². The first-order chi connectivity index (χ1) is 12.8. The van der Waals surface area contributed by atoms with Gasteiger partial charge < -0.3 is 10.0 Å². The second-order valence-corrected chi connectivity index (χ2v) is 7.13. The molecule has 2 heterocycles. The summed E-state index contributed by atoms with van der Waals surface area (Å²) < 4.78 is 38.2. The average molecular weight is 396 g/mol. The number of likely N-dealkylation sites (tertiary alicyclic amines) is 1. The lowest BCUT2D eigenvalue weighted by Gasteiger charge is -2.18. The zero-order valence-corrected chi connectivity index (χ0v) is 14.7. The molecule has 1 aliphatic heterocycles. The van der Waals surface area contributed by atoms with Crippen LogP contribution in [0.4, 0.5) is 13.2 Å². The van der Waals surface area contributed by atoms with E-state index in [1.54, 1.807) is 30.3 Å². The average Bonchev–Trinajstić information content (AvgIpc) is 3.07. The highest BCUT2D eigenvalue weighted by Crippen LogP contribution is 2.39. The first-order valence-corrected chi connectivity index (χ1v) is 8.85. The first-order valence-electron chi connectivity index (χ1n) is 8.04. The van der Waals surface area contributed by atoms with Gasteiger partial charge in [-0.25, -0.2) is 4.98 Å². The van der Waals surface area contributed by atoms with Gasteiger partial charge in [-0.05, 0) is 17.7 Å². The van der Waals surface area contributed by atoms with Crippen LogP contribution in [0.2, 0.25) is 0 Å². The summed E-state index contributed by atoms with van der Waals surface area (Å²) in [4.78, 5) is 29.4. The number of benzene rings is 1. The molecule has 1 saturated heterocycles. The van der Waals surface area contributed by atoms with Crippen LogP contribution in [0.25, 0.3) is 0 Å². The Kier molecular flexibility index (Phi) is 5.41. The number of carboxylic acid groups (broad SMARTS) is 1. The van der Waals surface area contributed by atoms with Gasteiger partial charge in [0.05, 0.1) is 11.5 Å². The number of carbonyl (C=O) groups excluding carboxylic acids is 1. The minimum absolute atomic E-state index is 0.0707. The molecule has 1 aliphatic rings. The van der Waals surface area contributed by atoms with Crippen LogP contribution >= 0.6 is 11.8 Å². The SMILES string of the molecule is O=C(O)[C@@H]1CN(C(=O)c2cccnc2SC(F)(F)F)C[C@@H]1c1ccccc1. The highest BCUT2D eigenvalue weighted by molar-refractivity contribution is 8.00. The fourth-order valence-corrected chi connectivity index (χ4v) is 3.77. The quantitative estimate of drug-likeness (QED) is 0.800. The second kappa shape index (κ2) is 7.59. The molecule has 1 aromatic heterocycles. The summed E-state index contributed by atoms with van der Waals surface area (Å²) in [5.74, 6) is -2.95. The molecule has 1 aromatic carbocycles. The summed E-state index contributed by atoms with van der Waals surface area (Å²) in [6, 6.07) is 11.6. The molecule has 1 amide bonds. The molecule has 0 aliphatic carbocycles. The molecular formula is C18H15F3N2O3S. The Morgan fingerprint density at radius 2 is 1.81 bits per heavy atom. The number of aliphatic carboxylic acids is 1. The molecule has 3 rings (SSSR count). The van der Waals surface area contributed by atoms with E-state index in [1.165, 1.54) is 23.2 Å². The zero-order valence-electron chi connectivity index (χ0n) is 13.9. The number of pyridine rings is 1. The Balaban J connectivity index is 1.87. The van der Waals surface area contributed by atoms with Crippen molar-refractivity contribution in [1.82, 2.24) is 9.88 Å². The molecule has 0 unspecified atom stereocenters. The van der Waals surface area contributed by atoms with Gasteiger partial charge in [0.15, 0.2) is 0 Å². The number of hydrogen-bond acceptors (Lipinski definition) is 4. The lowest BCUT2D eigenvalue weighted by molar-refractivity contribution is -0.141. The van der Waals surface area contributed by atoms with Gasteiger partial charge in [-0.1, -0.05) is 30.3 Å². The molecule has 9 heteroatoms. The van der Waals surface area contributed by atoms with Gasteiger partial charge >= 0.3 is 11.5 Å². The Bertz CT molecular complexity index is 845. The molecule has 0 radical (unpaired) electrons. The van der Waals surface area contributed by atoms with Crippen LogP contribution in [0.1, 0.15) is 21.8 Å². The molecule has 5 nitrogen and oxygen atoms in total. The molecule has 142 valence electrons. The van der Waals surface area contributed by atoms with Crippen LogP contribution in [0.3, 0.4) is 0 Å². The molecule has 1 N–H and O–H groups in total. The van der Waals surface area contributed by atoms with Gasteiger partial charge in [0.2, 0.25) is 0 Å². The Hall–Kier alpha value is -2.55. The number of carboxylic acids is 1. The van der Waals surface area contributed by atoms with Crippen molar-refractivity contribution in [2.45, 2.75) is 16.5 Å². The monoisotopic (exact) mass is 396 g/mol. The number of alkyl halides is 3. The summed E-state index contributed by atoms with van der Waals surface area (Å²) in [6.07, 6.45) is 1.18. The summed E-state index contributed by atoms with van der Waals surface area (Å²) in [7, 11) is 0. The third-order valence-corrected chi connectivity index (χ3v) is 5.12. The van der Waals surface area contributed by atoms with E-state index in [4.69, 9.17) is 0 Å². The minimum Gasteiger partial charge on any atom is -0.481 e. The van der Waals surface area contributed by atoms with Gasteiger partial charge in [0, 0.05) is 37.0 Å².